The van der Waals surface area contributed by atoms with Crippen LogP contribution in [0.5, 0.6) is 11.8 Å². The van der Waals surface area contributed by atoms with Crippen LogP contribution >= 0.6 is 0 Å². The molecule has 4 saturated heterocycles. The van der Waals surface area contributed by atoms with Gasteiger partial charge in [0.2, 0.25) is 0 Å². The van der Waals surface area contributed by atoms with Crippen LogP contribution in [-0.2, 0) is 0 Å². The summed E-state index contributed by atoms with van der Waals surface area (Å²) in [5.74, 6) is 1.51. The molecule has 9 rings (SSSR count). The number of piperazine rings is 1. The van der Waals surface area contributed by atoms with Gasteiger partial charge in [-0.1, -0.05) is 12.0 Å². The van der Waals surface area contributed by atoms with Crippen LogP contribution in [0.1, 0.15) is 43.4 Å². The first kappa shape index (κ1) is 35.1. The quantitative estimate of drug-likeness (QED) is 0.163. The molecule has 13 heteroatoms. The summed E-state index contributed by atoms with van der Waals surface area (Å²) in [5.41, 5.74) is -0.334. The van der Waals surface area contributed by atoms with Crippen molar-refractivity contribution in [1.29, 1.82) is 0 Å². The van der Waals surface area contributed by atoms with E-state index in [0.717, 1.165) is 32.2 Å². The van der Waals surface area contributed by atoms with E-state index >= 15 is 8.78 Å². The van der Waals surface area contributed by atoms with Crippen LogP contribution in [0.4, 0.5) is 19.0 Å². The van der Waals surface area contributed by atoms with E-state index in [0.29, 0.717) is 60.3 Å². The molecule has 0 spiro atoms. The number of aliphatic hydroxyl groups is 2. The van der Waals surface area contributed by atoms with Crippen molar-refractivity contribution in [3.63, 3.8) is 0 Å². The molecule has 6 heterocycles. The molecule has 4 fully saturated rings. The molecule has 2 aromatic heterocycles. The molecule has 282 valence electrons. The Morgan fingerprint density at radius 1 is 1.07 bits per heavy atom. The van der Waals surface area contributed by atoms with E-state index in [2.05, 4.69) is 20.6 Å². The number of aryl methyl sites for hydroxylation is 1. The molecular weight excluding hydrogens is 699 g/mol. The molecule has 54 heavy (non-hydrogen) atoms. The highest BCUT2D eigenvalue weighted by molar-refractivity contribution is 6.18. The van der Waals surface area contributed by atoms with Gasteiger partial charge in [-0.15, -0.1) is 6.42 Å². The topological polar surface area (TPSA) is 119 Å². The van der Waals surface area contributed by atoms with Gasteiger partial charge in [-0.2, -0.15) is 9.97 Å². The van der Waals surface area contributed by atoms with Crippen molar-refractivity contribution in [3.05, 3.63) is 53.3 Å². The number of aliphatic hydroxyl groups excluding tert-OH is 2. The number of nitrogens with zero attached hydrogens (tertiary/aromatic N) is 5. The minimum absolute atomic E-state index is 0.0373. The number of hydrogen-bond donors (Lipinski definition) is 3. The minimum atomic E-state index is -0.961. The summed E-state index contributed by atoms with van der Waals surface area (Å²) in [6, 6.07) is 7.47. The number of rotatable bonds is 9. The zero-order valence-corrected chi connectivity index (χ0v) is 30.0. The van der Waals surface area contributed by atoms with Crippen LogP contribution < -0.4 is 9.64 Å². The molecule has 0 amide bonds. The third-order valence-corrected chi connectivity index (χ3v) is 12.3. The maximum absolute atomic E-state index is 17.7. The van der Waals surface area contributed by atoms with Crippen molar-refractivity contribution in [2.45, 2.75) is 62.8 Å². The van der Waals surface area contributed by atoms with Crippen LogP contribution in [0.25, 0.3) is 43.8 Å². The van der Waals surface area contributed by atoms with Crippen molar-refractivity contribution < 1.29 is 37.6 Å². The Bertz CT molecular complexity index is 2330. The predicted octanol–water partition coefficient (Wildman–Crippen LogP) is 5.68. The zero-order chi connectivity index (χ0) is 37.5. The van der Waals surface area contributed by atoms with Gasteiger partial charge in [-0.05, 0) is 68.8 Å². The lowest BCUT2D eigenvalue weighted by atomic mass is 9.91. The monoisotopic (exact) mass is 741 g/mol. The molecule has 10 nitrogen and oxygen atoms in total. The first-order valence-corrected chi connectivity index (χ1v) is 18.7. The number of alkyl halides is 1. The van der Waals surface area contributed by atoms with Crippen molar-refractivity contribution in [2.75, 3.05) is 57.4 Å². The average Bonchev–Trinajstić information content (AvgIpc) is 3.87. The van der Waals surface area contributed by atoms with Gasteiger partial charge in [-0.3, -0.25) is 9.80 Å². The number of hydrogen-bond acceptors (Lipinski definition) is 10. The first-order valence-electron chi connectivity index (χ1n) is 18.7. The maximum Gasteiger partial charge on any atom is 0.319 e. The highest BCUT2D eigenvalue weighted by atomic mass is 19.1. The lowest BCUT2D eigenvalue weighted by Crippen LogP contribution is -2.55. The molecule has 2 bridgehead atoms. The molecule has 5 aromatic rings. The fourth-order valence-corrected chi connectivity index (χ4v) is 9.82. The summed E-state index contributed by atoms with van der Waals surface area (Å²) < 4.78 is 60.3. The van der Waals surface area contributed by atoms with E-state index in [1.165, 1.54) is 24.3 Å². The molecule has 0 aliphatic carbocycles. The summed E-state index contributed by atoms with van der Waals surface area (Å²) in [6.45, 7) is 4.46. The van der Waals surface area contributed by atoms with Gasteiger partial charge in [0.05, 0.1) is 22.1 Å². The highest BCUT2D eigenvalue weighted by Gasteiger charge is 2.49. The Morgan fingerprint density at radius 2 is 1.85 bits per heavy atom. The van der Waals surface area contributed by atoms with Gasteiger partial charge in [0.25, 0.3) is 0 Å². The van der Waals surface area contributed by atoms with E-state index < -0.39 is 23.3 Å². The second-order valence-corrected chi connectivity index (χ2v) is 15.6. The molecule has 3 aromatic carbocycles. The number of fused-ring (bicyclic) bond motifs is 7. The van der Waals surface area contributed by atoms with E-state index in [9.17, 15) is 19.7 Å². The number of phenolic OH excluding ortho intramolecular Hbond substituents is 1. The number of phenols is 1. The Labute approximate surface area is 310 Å². The van der Waals surface area contributed by atoms with Crippen molar-refractivity contribution in [1.82, 2.24) is 19.8 Å². The molecular formula is C41H42F3N5O5. The second-order valence-electron chi connectivity index (χ2n) is 15.6. The molecule has 4 atom stereocenters. The normalized spacial score (nSPS) is 24.4. The van der Waals surface area contributed by atoms with Gasteiger partial charge in [0.1, 0.15) is 47.0 Å². The van der Waals surface area contributed by atoms with Crippen LogP contribution in [0.3, 0.4) is 0 Å². The number of halogens is 3. The van der Waals surface area contributed by atoms with Crippen LogP contribution in [0, 0.1) is 36.8 Å². The summed E-state index contributed by atoms with van der Waals surface area (Å²) in [4.78, 5) is 16.3. The molecule has 4 aliphatic heterocycles. The van der Waals surface area contributed by atoms with Crippen LogP contribution in [0.2, 0.25) is 0 Å². The molecule has 0 saturated carbocycles. The lowest BCUT2D eigenvalue weighted by Gasteiger charge is -2.43. The van der Waals surface area contributed by atoms with Gasteiger partial charge in [0.15, 0.2) is 5.82 Å². The Hall–Kier alpha value is -4.61. The van der Waals surface area contributed by atoms with Gasteiger partial charge < -0.3 is 29.4 Å². The standard InChI is InChI=1S/C41H42F3N5O5/c1-3-29-32(43)8-5-24-12-28(52)13-30(33(24)29)34-36(44)37-35(31-11-22(2)54-38(31)34)39(47-17-26-6-7-27(18-47)49(26)15-23(19-50)20-51)46-40(45-37)53-21-41-9-4-10-48(41)16-25(42)14-41/h1,5,8,11-13,23,25-27,50-52H,4,6-7,9-10,14-21H2,2H3/t25-,26-,27+,41+/m1/s1. The highest BCUT2D eigenvalue weighted by Crippen LogP contribution is 2.47. The third kappa shape index (κ3) is 5.56. The molecule has 3 N–H and O–H groups in total. The number of terminal acetylenes is 1. The minimum Gasteiger partial charge on any atom is -0.508 e. The van der Waals surface area contributed by atoms with Gasteiger partial charge >= 0.3 is 6.01 Å². The molecule has 0 unspecified atom stereocenters. The molecule has 4 aliphatic rings. The fraction of sp³-hybridized carbons (Fsp3) is 0.463. The largest absolute Gasteiger partial charge is 0.508 e. The number of anilines is 1. The predicted molar refractivity (Wildman–Crippen MR) is 198 cm³/mol. The maximum atomic E-state index is 17.7. The summed E-state index contributed by atoms with van der Waals surface area (Å²) >= 11 is 0. The van der Waals surface area contributed by atoms with E-state index in [-0.39, 0.29) is 82.8 Å². The SMILES string of the molecule is C#Cc1c(F)ccc2cc(O)cc(-c3c(F)c4nc(OC[C@@]56CCCN5C[C@H](F)C6)nc(N5C[C@H]6CC[C@@H](C5)N6CC(CO)CO)c4c4cc(C)oc34)c12. The van der Waals surface area contributed by atoms with E-state index in [4.69, 9.17) is 25.5 Å². The Kier molecular flexibility index (Phi) is 8.65. The zero-order valence-electron chi connectivity index (χ0n) is 30.0. The van der Waals surface area contributed by atoms with Gasteiger partial charge in [-0.25, -0.2) is 13.2 Å². The third-order valence-electron chi connectivity index (χ3n) is 12.3. The number of aromatic hydroxyl groups is 1. The molecule has 0 radical (unpaired) electrons. The van der Waals surface area contributed by atoms with E-state index in [1.54, 1.807) is 13.0 Å². The Morgan fingerprint density at radius 3 is 2.59 bits per heavy atom. The average molecular weight is 742 g/mol. The number of ether oxygens (including phenoxy) is 1. The number of aromatic nitrogens is 2. The summed E-state index contributed by atoms with van der Waals surface area (Å²) in [6.07, 6.45) is 8.72. The smallest absolute Gasteiger partial charge is 0.319 e. The summed E-state index contributed by atoms with van der Waals surface area (Å²) in [7, 11) is 0. The lowest BCUT2D eigenvalue weighted by molar-refractivity contribution is 0.0792. The first-order chi connectivity index (χ1) is 26.1. The van der Waals surface area contributed by atoms with Crippen molar-refractivity contribution >= 4 is 38.5 Å². The van der Waals surface area contributed by atoms with E-state index in [1.807, 2.05) is 0 Å². The van der Waals surface area contributed by atoms with Crippen molar-refractivity contribution in [3.8, 4) is 35.2 Å². The fourth-order valence-electron chi connectivity index (χ4n) is 9.82. The van der Waals surface area contributed by atoms with Crippen LogP contribution in [-0.4, -0.2) is 111 Å². The number of benzene rings is 3. The summed E-state index contributed by atoms with van der Waals surface area (Å²) in [5, 5.41) is 32.2. The number of furan rings is 1. The second kappa shape index (κ2) is 13.3. The van der Waals surface area contributed by atoms with Crippen LogP contribution in [0.15, 0.2) is 34.7 Å². The van der Waals surface area contributed by atoms with Crippen molar-refractivity contribution in [2.24, 2.45) is 5.92 Å². The Balaban J connectivity index is 1.24. The van der Waals surface area contributed by atoms with Gasteiger partial charge in [0, 0.05) is 80.2 Å².